The molecule has 4 nitrogen and oxygen atoms in total. The maximum Gasteiger partial charge on any atom is 0.171 e. The van der Waals surface area contributed by atoms with Crippen molar-refractivity contribution < 1.29 is 9.47 Å². The van der Waals surface area contributed by atoms with E-state index >= 15 is 0 Å². The zero-order chi connectivity index (χ0) is 15.1. The molecule has 110 valence electrons. The molecule has 2 N–H and O–H groups in total. The van der Waals surface area contributed by atoms with Gasteiger partial charge in [-0.2, -0.15) is 0 Å². The molecule has 0 amide bonds. The summed E-state index contributed by atoms with van der Waals surface area (Å²) >= 11 is 5.28. The predicted octanol–water partition coefficient (Wildman–Crippen LogP) is 3.19. The Morgan fingerprint density at radius 1 is 1.00 bits per heavy atom. The summed E-state index contributed by atoms with van der Waals surface area (Å²) in [6.45, 7) is 0.603. The van der Waals surface area contributed by atoms with Gasteiger partial charge in [-0.05, 0) is 42.5 Å². The molecule has 21 heavy (non-hydrogen) atoms. The minimum absolute atomic E-state index is 0.561. The summed E-state index contributed by atoms with van der Waals surface area (Å²) in [6, 6.07) is 15.4. The molecule has 2 aromatic carbocycles. The van der Waals surface area contributed by atoms with Crippen molar-refractivity contribution in [1.29, 1.82) is 0 Å². The van der Waals surface area contributed by atoms with E-state index in [9.17, 15) is 0 Å². The first kappa shape index (κ1) is 15.1. The van der Waals surface area contributed by atoms with E-state index in [0.717, 1.165) is 22.7 Å². The zero-order valence-corrected chi connectivity index (χ0v) is 12.9. The second kappa shape index (κ2) is 7.50. The molecule has 0 aliphatic heterocycles. The molecule has 0 spiro atoms. The molecule has 0 atom stereocenters. The molecule has 0 aliphatic rings. The highest BCUT2D eigenvalue weighted by Gasteiger charge is 2.03. The summed E-state index contributed by atoms with van der Waals surface area (Å²) in [5.74, 6) is 1.66. The summed E-state index contributed by atoms with van der Waals surface area (Å²) in [4.78, 5) is 0. The number of para-hydroxylation sites is 1. The van der Waals surface area contributed by atoms with Crippen molar-refractivity contribution in [3.63, 3.8) is 0 Å². The maximum atomic E-state index is 5.30. The molecule has 0 unspecified atom stereocenters. The number of anilines is 1. The highest BCUT2D eigenvalue weighted by Crippen LogP contribution is 2.17. The van der Waals surface area contributed by atoms with Gasteiger partial charge in [0.2, 0.25) is 0 Å². The fourth-order valence-electron chi connectivity index (χ4n) is 1.87. The fraction of sp³-hybridized carbons (Fsp3) is 0.188. The molecule has 0 bridgehead atoms. The van der Waals surface area contributed by atoms with Crippen molar-refractivity contribution >= 4 is 23.0 Å². The number of ether oxygens (including phenoxy) is 2. The summed E-state index contributed by atoms with van der Waals surface area (Å²) in [6.07, 6.45) is 0. The van der Waals surface area contributed by atoms with Crippen LogP contribution >= 0.6 is 12.2 Å². The van der Waals surface area contributed by atoms with Gasteiger partial charge in [-0.3, -0.25) is 0 Å². The summed E-state index contributed by atoms with van der Waals surface area (Å²) in [5.41, 5.74) is 1.97. The zero-order valence-electron chi connectivity index (χ0n) is 12.1. The second-order valence-electron chi connectivity index (χ2n) is 4.35. The van der Waals surface area contributed by atoms with Gasteiger partial charge in [-0.15, -0.1) is 0 Å². The normalized spacial score (nSPS) is 9.81. The molecule has 5 heteroatoms. The van der Waals surface area contributed by atoms with Gasteiger partial charge in [0.1, 0.15) is 11.5 Å². The molecule has 2 rings (SSSR count). The van der Waals surface area contributed by atoms with Crippen LogP contribution in [0.5, 0.6) is 11.5 Å². The Morgan fingerprint density at radius 2 is 1.71 bits per heavy atom. The molecule has 0 fully saturated rings. The Labute approximate surface area is 130 Å². The van der Waals surface area contributed by atoms with E-state index in [-0.39, 0.29) is 0 Å². The van der Waals surface area contributed by atoms with Gasteiger partial charge in [0, 0.05) is 17.8 Å². The average molecular weight is 302 g/mol. The molecule has 0 saturated carbocycles. The van der Waals surface area contributed by atoms with Crippen molar-refractivity contribution in [3.8, 4) is 11.5 Å². The number of methoxy groups -OCH3 is 2. The smallest absolute Gasteiger partial charge is 0.171 e. The molecule has 2 aromatic rings. The Hall–Kier alpha value is -2.27. The number of benzene rings is 2. The van der Waals surface area contributed by atoms with Crippen molar-refractivity contribution in [2.45, 2.75) is 6.54 Å². The standard InChI is InChI=1S/C16H18N2O2S/c1-19-14-9-7-13(8-10-14)18-16(21)17-11-12-5-3-4-6-15(12)20-2/h3-10H,11H2,1-2H3,(H2,17,18,21). The SMILES string of the molecule is COc1ccc(NC(=S)NCc2ccccc2OC)cc1. The van der Waals surface area contributed by atoms with Gasteiger partial charge < -0.3 is 20.1 Å². The number of nitrogens with one attached hydrogen (secondary N) is 2. The van der Waals surface area contributed by atoms with Crippen LogP contribution in [0.3, 0.4) is 0 Å². The fourth-order valence-corrected chi connectivity index (χ4v) is 2.06. The number of thiocarbonyl (C=S) groups is 1. The molecule has 0 aromatic heterocycles. The predicted molar refractivity (Wildman–Crippen MR) is 89.0 cm³/mol. The monoisotopic (exact) mass is 302 g/mol. The van der Waals surface area contributed by atoms with Gasteiger partial charge in [-0.25, -0.2) is 0 Å². The van der Waals surface area contributed by atoms with Gasteiger partial charge in [0.15, 0.2) is 5.11 Å². The Morgan fingerprint density at radius 3 is 2.38 bits per heavy atom. The van der Waals surface area contributed by atoms with Crippen molar-refractivity contribution in [3.05, 3.63) is 54.1 Å². The first-order valence-electron chi connectivity index (χ1n) is 6.53. The maximum absolute atomic E-state index is 5.30. The lowest BCUT2D eigenvalue weighted by Gasteiger charge is -2.13. The lowest BCUT2D eigenvalue weighted by Crippen LogP contribution is -2.28. The van der Waals surface area contributed by atoms with Gasteiger partial charge in [-0.1, -0.05) is 18.2 Å². The third kappa shape index (κ3) is 4.36. The minimum atomic E-state index is 0.561. The van der Waals surface area contributed by atoms with Crippen LogP contribution in [0.2, 0.25) is 0 Å². The molecule has 0 heterocycles. The van der Waals surface area contributed by atoms with Crippen LogP contribution in [0.4, 0.5) is 5.69 Å². The van der Waals surface area contributed by atoms with Crippen LogP contribution < -0.4 is 20.1 Å². The summed E-state index contributed by atoms with van der Waals surface area (Å²) in [5, 5.41) is 6.85. The van der Waals surface area contributed by atoms with E-state index in [2.05, 4.69) is 10.6 Å². The van der Waals surface area contributed by atoms with Gasteiger partial charge in [0.05, 0.1) is 14.2 Å². The Balaban J connectivity index is 1.89. The highest BCUT2D eigenvalue weighted by molar-refractivity contribution is 7.80. The molecule has 0 saturated heterocycles. The van der Waals surface area contributed by atoms with E-state index in [4.69, 9.17) is 21.7 Å². The molecule has 0 radical (unpaired) electrons. The number of hydrogen-bond donors (Lipinski definition) is 2. The third-order valence-corrected chi connectivity index (χ3v) is 3.23. The minimum Gasteiger partial charge on any atom is -0.497 e. The van der Waals surface area contributed by atoms with E-state index in [1.165, 1.54) is 0 Å². The summed E-state index contributed by atoms with van der Waals surface area (Å²) < 4.78 is 10.4. The number of hydrogen-bond acceptors (Lipinski definition) is 3. The van der Waals surface area contributed by atoms with Gasteiger partial charge in [0.25, 0.3) is 0 Å². The van der Waals surface area contributed by atoms with Crippen molar-refractivity contribution in [2.24, 2.45) is 0 Å². The molecular formula is C16H18N2O2S. The van der Waals surface area contributed by atoms with Crippen molar-refractivity contribution in [2.75, 3.05) is 19.5 Å². The van der Waals surface area contributed by atoms with Crippen LogP contribution in [-0.2, 0) is 6.54 Å². The van der Waals surface area contributed by atoms with Gasteiger partial charge >= 0.3 is 0 Å². The van der Waals surface area contributed by atoms with Crippen LogP contribution in [0, 0.1) is 0 Å². The van der Waals surface area contributed by atoms with E-state index in [1.807, 2.05) is 48.5 Å². The van der Waals surface area contributed by atoms with E-state index in [0.29, 0.717) is 11.7 Å². The quantitative estimate of drug-likeness (QED) is 0.830. The third-order valence-electron chi connectivity index (χ3n) is 2.98. The van der Waals surface area contributed by atoms with Crippen LogP contribution in [0.15, 0.2) is 48.5 Å². The van der Waals surface area contributed by atoms with Crippen LogP contribution in [-0.4, -0.2) is 19.3 Å². The van der Waals surface area contributed by atoms with Crippen LogP contribution in [0.25, 0.3) is 0 Å². The Kier molecular flexibility index (Phi) is 5.40. The van der Waals surface area contributed by atoms with Crippen molar-refractivity contribution in [1.82, 2.24) is 5.32 Å². The largest absolute Gasteiger partial charge is 0.497 e. The number of rotatable bonds is 5. The topological polar surface area (TPSA) is 42.5 Å². The average Bonchev–Trinajstić information content (AvgIpc) is 2.54. The highest BCUT2D eigenvalue weighted by atomic mass is 32.1. The first-order chi connectivity index (χ1) is 10.2. The van der Waals surface area contributed by atoms with E-state index in [1.54, 1.807) is 14.2 Å². The first-order valence-corrected chi connectivity index (χ1v) is 6.94. The Bertz CT molecular complexity index is 599. The lowest BCUT2D eigenvalue weighted by atomic mass is 10.2. The molecule has 0 aliphatic carbocycles. The lowest BCUT2D eigenvalue weighted by molar-refractivity contribution is 0.409. The second-order valence-corrected chi connectivity index (χ2v) is 4.76. The molecular weight excluding hydrogens is 284 g/mol. The summed E-state index contributed by atoms with van der Waals surface area (Å²) in [7, 11) is 3.30. The van der Waals surface area contributed by atoms with Crippen LogP contribution in [0.1, 0.15) is 5.56 Å². The van der Waals surface area contributed by atoms with E-state index < -0.39 is 0 Å².